The third-order valence-electron chi connectivity index (χ3n) is 5.68. The summed E-state index contributed by atoms with van der Waals surface area (Å²) >= 11 is 0. The summed E-state index contributed by atoms with van der Waals surface area (Å²) in [4.78, 5) is 21.4. The molecule has 6 nitrogen and oxygen atoms in total. The third kappa shape index (κ3) is 5.72. The summed E-state index contributed by atoms with van der Waals surface area (Å²) in [5.74, 6) is 1.94. The van der Waals surface area contributed by atoms with Crippen LogP contribution in [0.3, 0.4) is 0 Å². The number of benzene rings is 1. The number of hydrogen-bond acceptors (Lipinski definition) is 5. The quantitative estimate of drug-likeness (QED) is 0.629. The highest BCUT2D eigenvalue weighted by atomic mass is 16.5. The van der Waals surface area contributed by atoms with E-state index in [9.17, 15) is 4.79 Å². The number of methoxy groups -OCH3 is 1. The van der Waals surface area contributed by atoms with Crippen molar-refractivity contribution in [2.75, 3.05) is 33.3 Å². The highest BCUT2D eigenvalue weighted by Gasteiger charge is 2.28. The molecule has 1 fully saturated rings. The molecule has 1 atom stereocenters. The molecule has 0 radical (unpaired) electrons. The largest absolute Gasteiger partial charge is 0.495 e. The normalized spacial score (nSPS) is 16.8. The van der Waals surface area contributed by atoms with Gasteiger partial charge in [0.05, 0.1) is 13.0 Å². The van der Waals surface area contributed by atoms with Crippen molar-refractivity contribution in [2.45, 2.75) is 39.8 Å². The number of carbonyl (C=O) groups is 1. The molecule has 3 rings (SSSR count). The molecule has 1 aromatic carbocycles. The Hall–Kier alpha value is -2.60. The molecule has 0 bridgehead atoms. The van der Waals surface area contributed by atoms with Crippen LogP contribution in [0.5, 0.6) is 11.5 Å². The second kappa shape index (κ2) is 11.0. The third-order valence-corrected chi connectivity index (χ3v) is 5.68. The Kier molecular flexibility index (Phi) is 8.08. The number of ether oxygens (including phenoxy) is 2. The van der Waals surface area contributed by atoms with Crippen molar-refractivity contribution < 1.29 is 14.3 Å². The maximum atomic E-state index is 12.7. The van der Waals surface area contributed by atoms with Crippen LogP contribution in [0.2, 0.25) is 0 Å². The molecule has 1 aliphatic rings. The Morgan fingerprint density at radius 1 is 1.23 bits per heavy atom. The van der Waals surface area contributed by atoms with Crippen LogP contribution in [0, 0.1) is 5.92 Å². The first kappa shape index (κ1) is 22.1. The molecule has 30 heavy (non-hydrogen) atoms. The molecule has 2 heterocycles. The minimum atomic E-state index is 0.106. The lowest BCUT2D eigenvalue weighted by Crippen LogP contribution is -2.44. The monoisotopic (exact) mass is 411 g/mol. The lowest BCUT2D eigenvalue weighted by atomic mass is 9.96. The predicted molar refractivity (Wildman–Crippen MR) is 117 cm³/mol. The van der Waals surface area contributed by atoms with Crippen molar-refractivity contribution in [3.63, 3.8) is 0 Å². The van der Waals surface area contributed by atoms with Crippen LogP contribution in [0.15, 0.2) is 42.6 Å². The molecular weight excluding hydrogens is 378 g/mol. The fraction of sp³-hybridized carbons (Fsp3) is 0.500. The van der Waals surface area contributed by atoms with Gasteiger partial charge < -0.3 is 14.4 Å². The van der Waals surface area contributed by atoms with Gasteiger partial charge in [-0.25, -0.2) is 0 Å². The molecule has 6 heteroatoms. The number of carbonyl (C=O) groups excluding carboxylic acids is 1. The molecule has 162 valence electrons. The van der Waals surface area contributed by atoms with E-state index in [4.69, 9.17) is 9.47 Å². The summed E-state index contributed by atoms with van der Waals surface area (Å²) in [6.07, 6.45) is 3.79. The molecule has 0 N–H and O–H groups in total. The zero-order valence-electron chi connectivity index (χ0n) is 18.3. The van der Waals surface area contributed by atoms with E-state index in [1.807, 2.05) is 43.0 Å². The average molecular weight is 412 g/mol. The number of amides is 1. The number of nitrogens with zero attached hydrogens (tertiary/aromatic N) is 3. The van der Waals surface area contributed by atoms with E-state index in [0.717, 1.165) is 62.8 Å². The van der Waals surface area contributed by atoms with E-state index in [-0.39, 0.29) is 5.92 Å². The molecule has 0 spiro atoms. The van der Waals surface area contributed by atoms with E-state index in [1.165, 1.54) is 5.56 Å². The van der Waals surface area contributed by atoms with Crippen LogP contribution in [0.1, 0.15) is 37.9 Å². The van der Waals surface area contributed by atoms with E-state index in [1.54, 1.807) is 13.3 Å². The van der Waals surface area contributed by atoms with Crippen molar-refractivity contribution in [3.8, 4) is 11.5 Å². The van der Waals surface area contributed by atoms with Crippen LogP contribution >= 0.6 is 0 Å². The van der Waals surface area contributed by atoms with Crippen LogP contribution in [0.25, 0.3) is 0 Å². The fourth-order valence-corrected chi connectivity index (χ4v) is 4.06. The van der Waals surface area contributed by atoms with Gasteiger partial charge in [-0.2, -0.15) is 0 Å². The lowest BCUT2D eigenvalue weighted by molar-refractivity contribution is -0.137. The Bertz CT molecular complexity index is 823. The Morgan fingerprint density at radius 3 is 2.83 bits per heavy atom. The summed E-state index contributed by atoms with van der Waals surface area (Å²) in [5.41, 5.74) is 1.97. The summed E-state index contributed by atoms with van der Waals surface area (Å²) in [5, 5.41) is 0. The van der Waals surface area contributed by atoms with Crippen molar-refractivity contribution in [2.24, 2.45) is 5.92 Å². The van der Waals surface area contributed by atoms with E-state index in [2.05, 4.69) is 22.0 Å². The first-order valence-electron chi connectivity index (χ1n) is 10.8. The van der Waals surface area contributed by atoms with Crippen molar-refractivity contribution >= 4 is 5.91 Å². The van der Waals surface area contributed by atoms with Gasteiger partial charge in [0.25, 0.3) is 0 Å². The molecular formula is C24H33N3O3. The highest BCUT2D eigenvalue weighted by Crippen LogP contribution is 2.23. The number of hydrogen-bond donors (Lipinski definition) is 0. The molecule has 1 unspecified atom stereocenters. The Labute approximate surface area is 179 Å². The number of pyridine rings is 1. The molecule has 1 saturated heterocycles. The maximum absolute atomic E-state index is 12.7. The van der Waals surface area contributed by atoms with Crippen molar-refractivity contribution in [1.29, 1.82) is 0 Å². The molecule has 0 saturated carbocycles. The predicted octanol–water partition coefficient (Wildman–Crippen LogP) is 3.75. The summed E-state index contributed by atoms with van der Waals surface area (Å²) < 4.78 is 11.3. The van der Waals surface area contributed by atoms with Gasteiger partial charge in [-0.3, -0.25) is 14.7 Å². The molecule has 2 aromatic rings. The van der Waals surface area contributed by atoms with E-state index < -0.39 is 0 Å². The summed E-state index contributed by atoms with van der Waals surface area (Å²) in [6, 6.07) is 11.9. The number of aromatic nitrogens is 1. The van der Waals surface area contributed by atoms with E-state index >= 15 is 0 Å². The fourth-order valence-electron chi connectivity index (χ4n) is 4.06. The van der Waals surface area contributed by atoms with Gasteiger partial charge >= 0.3 is 0 Å². The Morgan fingerprint density at radius 2 is 2.07 bits per heavy atom. The van der Waals surface area contributed by atoms with Crippen molar-refractivity contribution in [3.05, 3.63) is 53.9 Å². The smallest absolute Gasteiger partial charge is 0.226 e. The second-order valence-corrected chi connectivity index (χ2v) is 7.67. The first-order valence-corrected chi connectivity index (χ1v) is 10.8. The lowest BCUT2D eigenvalue weighted by Gasteiger charge is -2.34. The van der Waals surface area contributed by atoms with Gasteiger partial charge in [-0.15, -0.1) is 0 Å². The molecule has 1 aliphatic heterocycles. The van der Waals surface area contributed by atoms with Gasteiger partial charge in [0.15, 0.2) is 0 Å². The Balaban J connectivity index is 1.58. The topological polar surface area (TPSA) is 54.9 Å². The summed E-state index contributed by atoms with van der Waals surface area (Å²) in [7, 11) is 1.64. The van der Waals surface area contributed by atoms with Crippen LogP contribution in [-0.2, 0) is 17.9 Å². The number of likely N-dealkylation sites (tertiary alicyclic amines) is 1. The standard InChI is InChI=1S/C24H33N3O3/c1-4-27(5-2)24(28)20-10-8-14-26(17-20)16-19-9-6-11-21(15-19)30-18-22-23(29-3)12-7-13-25-22/h6-7,9,11-13,15,20H,4-5,8,10,14,16-18H2,1-3H3. The molecule has 1 amide bonds. The van der Waals surface area contributed by atoms with E-state index in [0.29, 0.717) is 12.5 Å². The van der Waals surface area contributed by atoms with Crippen LogP contribution < -0.4 is 9.47 Å². The van der Waals surface area contributed by atoms with Crippen LogP contribution in [0.4, 0.5) is 0 Å². The highest BCUT2D eigenvalue weighted by molar-refractivity contribution is 5.79. The van der Waals surface area contributed by atoms with Gasteiger partial charge in [-0.05, 0) is 63.1 Å². The van der Waals surface area contributed by atoms with Crippen molar-refractivity contribution in [1.82, 2.24) is 14.8 Å². The maximum Gasteiger partial charge on any atom is 0.226 e. The number of piperidine rings is 1. The van der Waals surface area contributed by atoms with Gasteiger partial charge in [0.1, 0.15) is 23.8 Å². The zero-order chi connectivity index (χ0) is 21.3. The average Bonchev–Trinajstić information content (AvgIpc) is 2.79. The molecule has 0 aliphatic carbocycles. The minimum Gasteiger partial charge on any atom is -0.495 e. The summed E-state index contributed by atoms with van der Waals surface area (Å²) in [6.45, 7) is 8.70. The van der Waals surface area contributed by atoms with Gasteiger partial charge in [0, 0.05) is 32.4 Å². The van der Waals surface area contributed by atoms with Crippen LogP contribution in [-0.4, -0.2) is 54.0 Å². The van der Waals surface area contributed by atoms with Gasteiger partial charge in [-0.1, -0.05) is 12.1 Å². The second-order valence-electron chi connectivity index (χ2n) is 7.67. The minimum absolute atomic E-state index is 0.106. The molecule has 1 aromatic heterocycles. The zero-order valence-corrected chi connectivity index (χ0v) is 18.3. The van der Waals surface area contributed by atoms with Gasteiger partial charge in [0.2, 0.25) is 5.91 Å². The first-order chi connectivity index (χ1) is 14.6. The SMILES string of the molecule is CCN(CC)C(=O)C1CCCN(Cc2cccc(OCc3ncccc3OC)c2)C1. The number of rotatable bonds is 9.